The monoisotopic (exact) mass is 966 g/mol. The van der Waals surface area contributed by atoms with Crippen LogP contribution in [0.2, 0.25) is 0 Å². The quantitative estimate of drug-likeness (QED) is 0.0316. The molecule has 0 radical (unpaired) electrons. The minimum atomic E-state index is -0.305. The lowest BCUT2D eigenvalue weighted by Gasteiger charge is -2.15. The second-order valence-electron chi connectivity index (χ2n) is 21.1. The van der Waals surface area contributed by atoms with Crippen LogP contribution in [-0.4, -0.2) is 85.8 Å². The van der Waals surface area contributed by atoms with E-state index in [4.69, 9.17) is 0 Å². The number of carbonyl (C=O) groups is 4. The van der Waals surface area contributed by atoms with E-state index in [9.17, 15) is 19.2 Å². The lowest BCUT2D eigenvalue weighted by Crippen LogP contribution is -2.40. The lowest BCUT2D eigenvalue weighted by molar-refractivity contribution is -0.140. The van der Waals surface area contributed by atoms with Crippen LogP contribution in [0.1, 0.15) is 271 Å². The number of likely N-dealkylation sites (tertiary alicyclic amines) is 2. The molecule has 0 aromatic heterocycles. The van der Waals surface area contributed by atoms with Crippen LogP contribution in [0.25, 0.3) is 0 Å². The number of hydrogen-bond acceptors (Lipinski definition) is 7. The molecular formula is C60H111N5O4. The van der Waals surface area contributed by atoms with Crippen molar-refractivity contribution >= 4 is 23.6 Å². The number of unbranched alkanes of at least 4 members (excludes halogenated alkanes) is 36. The van der Waals surface area contributed by atoms with E-state index >= 15 is 0 Å². The molecule has 2 aliphatic rings. The molecule has 2 fully saturated rings. The van der Waals surface area contributed by atoms with Crippen molar-refractivity contribution in [3.63, 3.8) is 0 Å². The maximum atomic E-state index is 12.9. The Morgan fingerprint density at radius 1 is 0.348 bits per heavy atom. The molecule has 2 heterocycles. The molecule has 2 atom stereocenters. The summed E-state index contributed by atoms with van der Waals surface area (Å²) < 4.78 is 0. The first-order valence-electron chi connectivity index (χ1n) is 30.1. The van der Waals surface area contributed by atoms with E-state index in [1.54, 1.807) is 0 Å². The minimum Gasteiger partial charge on any atom is -0.314 e. The molecule has 0 bridgehead atoms. The molecule has 400 valence electrons. The first-order valence-corrected chi connectivity index (χ1v) is 30.1. The van der Waals surface area contributed by atoms with Gasteiger partial charge in [-0.3, -0.25) is 29.0 Å². The first kappa shape index (κ1) is 62.8. The van der Waals surface area contributed by atoms with Crippen molar-refractivity contribution in [1.29, 1.82) is 0 Å². The summed E-state index contributed by atoms with van der Waals surface area (Å²) in [5.41, 5.74) is 0. The van der Waals surface area contributed by atoms with Gasteiger partial charge in [-0.2, -0.15) is 0 Å². The van der Waals surface area contributed by atoms with Crippen molar-refractivity contribution in [2.24, 2.45) is 11.8 Å². The van der Waals surface area contributed by atoms with Gasteiger partial charge >= 0.3 is 0 Å². The summed E-state index contributed by atoms with van der Waals surface area (Å²) >= 11 is 0. The Morgan fingerprint density at radius 2 is 0.580 bits per heavy atom. The van der Waals surface area contributed by atoms with Gasteiger partial charge in [0.1, 0.15) is 0 Å². The number of hydrogen-bond donors (Lipinski definition) is 3. The molecule has 3 N–H and O–H groups in total. The van der Waals surface area contributed by atoms with Gasteiger partial charge in [0.15, 0.2) is 0 Å². The minimum absolute atomic E-state index is 0.0594. The maximum absolute atomic E-state index is 12.9. The van der Waals surface area contributed by atoms with Crippen molar-refractivity contribution in [3.8, 4) is 0 Å². The zero-order valence-electron chi connectivity index (χ0n) is 45.4. The van der Waals surface area contributed by atoms with Crippen molar-refractivity contribution in [3.05, 3.63) is 24.3 Å². The van der Waals surface area contributed by atoms with Gasteiger partial charge in [0.2, 0.25) is 23.6 Å². The van der Waals surface area contributed by atoms with E-state index in [0.717, 1.165) is 51.9 Å². The second kappa shape index (κ2) is 46.7. The summed E-state index contributed by atoms with van der Waals surface area (Å²) in [5.74, 6) is -0.862. The van der Waals surface area contributed by atoms with Crippen LogP contribution in [0.4, 0.5) is 0 Å². The normalized spacial score (nSPS) is 16.6. The fourth-order valence-electron chi connectivity index (χ4n) is 10.1. The number of rotatable bonds is 52. The Labute approximate surface area is 426 Å². The molecule has 2 saturated heterocycles. The van der Waals surface area contributed by atoms with Gasteiger partial charge in [0, 0.05) is 65.2 Å². The first-order chi connectivity index (χ1) is 34.0. The third-order valence-corrected chi connectivity index (χ3v) is 14.7. The zero-order chi connectivity index (χ0) is 49.5. The number of nitrogens with zero attached hydrogens (tertiary/aromatic N) is 2. The van der Waals surface area contributed by atoms with Crippen LogP contribution < -0.4 is 16.0 Å². The molecule has 2 rings (SSSR count). The van der Waals surface area contributed by atoms with E-state index in [0.29, 0.717) is 39.0 Å². The molecule has 9 heteroatoms. The summed E-state index contributed by atoms with van der Waals surface area (Å²) in [4.78, 5) is 53.8. The highest BCUT2D eigenvalue weighted by atomic mass is 16.2. The topological polar surface area (TPSA) is 111 Å². The third kappa shape index (κ3) is 34.6. The van der Waals surface area contributed by atoms with E-state index in [2.05, 4.69) is 41.9 Å². The van der Waals surface area contributed by atoms with Crippen LogP contribution >= 0.6 is 0 Å². The Morgan fingerprint density at radius 3 is 0.841 bits per heavy atom. The molecule has 9 nitrogen and oxygen atoms in total. The highest BCUT2D eigenvalue weighted by Crippen LogP contribution is 2.23. The van der Waals surface area contributed by atoms with Crippen molar-refractivity contribution in [2.75, 3.05) is 52.4 Å². The maximum Gasteiger partial charge on any atom is 0.236 e. The van der Waals surface area contributed by atoms with Gasteiger partial charge in [0.05, 0.1) is 11.8 Å². The fraction of sp³-hybridized carbons (Fsp3) is 0.867. The average Bonchev–Trinajstić information content (AvgIpc) is 3.78. The number of carbonyl (C=O) groups excluding carboxylic acids is 4. The van der Waals surface area contributed by atoms with Gasteiger partial charge in [-0.25, -0.2) is 0 Å². The molecule has 0 aliphatic carbocycles. The highest BCUT2D eigenvalue weighted by molar-refractivity contribution is 6.05. The molecule has 69 heavy (non-hydrogen) atoms. The van der Waals surface area contributed by atoms with Gasteiger partial charge in [-0.05, 0) is 25.7 Å². The van der Waals surface area contributed by atoms with Gasteiger partial charge in [-0.15, -0.1) is 0 Å². The predicted octanol–water partition coefficient (Wildman–Crippen LogP) is 14.5. The predicted molar refractivity (Wildman–Crippen MR) is 293 cm³/mol. The molecule has 0 saturated carbocycles. The van der Waals surface area contributed by atoms with E-state index < -0.39 is 0 Å². The van der Waals surface area contributed by atoms with E-state index in [1.165, 1.54) is 228 Å². The molecule has 2 aliphatic heterocycles. The van der Waals surface area contributed by atoms with E-state index in [-0.39, 0.29) is 35.5 Å². The summed E-state index contributed by atoms with van der Waals surface area (Å²) in [6.45, 7) is 9.58. The lowest BCUT2D eigenvalue weighted by atomic mass is 10.0. The molecular weight excluding hydrogens is 855 g/mol. The molecule has 0 aromatic rings. The molecule has 0 spiro atoms. The zero-order valence-corrected chi connectivity index (χ0v) is 45.4. The fourth-order valence-corrected chi connectivity index (χ4v) is 10.1. The Balaban J connectivity index is 1.33. The Bertz CT molecular complexity index is 1300. The summed E-state index contributed by atoms with van der Waals surface area (Å²) in [6, 6.07) is 0. The van der Waals surface area contributed by atoms with E-state index in [1.807, 2.05) is 12.2 Å². The Hall–Kier alpha value is -2.36. The van der Waals surface area contributed by atoms with Crippen molar-refractivity contribution < 1.29 is 19.2 Å². The van der Waals surface area contributed by atoms with Crippen LogP contribution in [0, 0.1) is 11.8 Å². The van der Waals surface area contributed by atoms with Gasteiger partial charge in [0.25, 0.3) is 0 Å². The smallest absolute Gasteiger partial charge is 0.236 e. The number of allylic oxidation sites excluding steroid dienone is 2. The summed E-state index contributed by atoms with van der Waals surface area (Å²) in [7, 11) is 0. The number of amides is 4. The van der Waals surface area contributed by atoms with Gasteiger partial charge < -0.3 is 16.0 Å². The van der Waals surface area contributed by atoms with Crippen LogP contribution in [0.5, 0.6) is 0 Å². The van der Waals surface area contributed by atoms with Crippen LogP contribution in [-0.2, 0) is 19.2 Å². The van der Waals surface area contributed by atoms with Crippen LogP contribution in [0.15, 0.2) is 24.3 Å². The molecule has 0 aromatic carbocycles. The Kier molecular flexibility index (Phi) is 42.5. The molecule has 4 amide bonds. The number of imide groups is 2. The average molecular weight is 967 g/mol. The van der Waals surface area contributed by atoms with Crippen molar-refractivity contribution in [1.82, 2.24) is 25.8 Å². The second-order valence-corrected chi connectivity index (χ2v) is 21.1. The SMILES string of the molecule is CCCCCCCCCCCCCCCCCC/C=C/C1CC(=O)N(CCNCCNCCNCCN2C(=O)CC(/C=C/CCCCCCCCCCCCCCCCCCCCCC)C2=O)C1=O. The van der Waals surface area contributed by atoms with Crippen LogP contribution in [0.3, 0.4) is 0 Å². The van der Waals surface area contributed by atoms with Gasteiger partial charge in [-0.1, -0.05) is 256 Å². The van der Waals surface area contributed by atoms with Crippen molar-refractivity contribution in [2.45, 2.75) is 271 Å². The third-order valence-electron chi connectivity index (χ3n) is 14.7. The number of nitrogens with one attached hydrogen (secondary N) is 3. The molecule has 2 unspecified atom stereocenters. The summed E-state index contributed by atoms with van der Waals surface area (Å²) in [5, 5.41) is 10.1. The standard InChI is InChI=1S/C60H111N5O4/c1-3-5-7-9-11-13-15-17-19-21-23-24-25-26-28-30-32-34-36-38-40-42-44-56-54-58(67)65(60(56)69)52-50-63-48-46-61-45-47-62-49-51-64-57(66)53-55(59(64)68)43-41-39-37-35-33-31-29-27-22-20-18-16-14-12-10-8-6-4-2/h41-44,55-56,61-63H,3-40,45-54H2,1-2H3/b43-41+,44-42+. The highest BCUT2D eigenvalue weighted by Gasteiger charge is 2.37. The summed E-state index contributed by atoms with van der Waals surface area (Å²) in [6.07, 6.45) is 60.3. The largest absolute Gasteiger partial charge is 0.314 e.